The van der Waals surface area contributed by atoms with Crippen molar-refractivity contribution in [1.29, 1.82) is 0 Å². The molecule has 0 aromatic carbocycles. The Bertz CT molecular complexity index is 228. The molecule has 0 aromatic rings. The molecular formula is C10H21NO5. The largest absolute Gasteiger partial charge is 0.394 e. The highest BCUT2D eigenvalue weighted by Crippen LogP contribution is 2.24. The van der Waals surface area contributed by atoms with Crippen LogP contribution in [0.5, 0.6) is 0 Å². The minimum atomic E-state index is -1.19. The van der Waals surface area contributed by atoms with Crippen LogP contribution in [0.4, 0.5) is 0 Å². The molecule has 5 atom stereocenters. The molecular weight excluding hydrogens is 214 g/mol. The van der Waals surface area contributed by atoms with Crippen molar-refractivity contribution in [3.05, 3.63) is 0 Å². The molecule has 16 heavy (non-hydrogen) atoms. The maximum Gasteiger partial charge on any atom is 0.176 e. The Morgan fingerprint density at radius 1 is 1.25 bits per heavy atom. The number of hydrogen-bond acceptors (Lipinski definition) is 6. The van der Waals surface area contributed by atoms with Crippen LogP contribution in [-0.4, -0.2) is 58.2 Å². The molecule has 5 N–H and O–H groups in total. The summed E-state index contributed by atoms with van der Waals surface area (Å²) in [6.45, 7) is 5.09. The molecule has 0 bridgehead atoms. The summed E-state index contributed by atoms with van der Waals surface area (Å²) in [6.07, 6.45) is -4.07. The lowest BCUT2D eigenvalue weighted by Gasteiger charge is -2.42. The van der Waals surface area contributed by atoms with Gasteiger partial charge >= 0.3 is 0 Å². The number of hydrogen-bond donors (Lipinski definition) is 4. The average Bonchev–Trinajstić information content (AvgIpc) is 2.17. The number of aliphatic hydroxyl groups excluding tert-OH is 3. The Balaban J connectivity index is 2.71. The summed E-state index contributed by atoms with van der Waals surface area (Å²) in [5, 5.41) is 28.2. The second-order valence-corrected chi connectivity index (χ2v) is 5.01. The topological polar surface area (TPSA) is 105 Å². The number of nitrogens with two attached hydrogens (primary N) is 1. The van der Waals surface area contributed by atoms with E-state index in [0.717, 1.165) is 0 Å². The summed E-state index contributed by atoms with van der Waals surface area (Å²) in [4.78, 5) is 0. The van der Waals surface area contributed by atoms with Crippen LogP contribution in [0.15, 0.2) is 0 Å². The molecule has 6 heteroatoms. The predicted molar refractivity (Wildman–Crippen MR) is 56.6 cm³/mol. The first-order valence-electron chi connectivity index (χ1n) is 5.32. The van der Waals surface area contributed by atoms with Crippen molar-refractivity contribution in [3.8, 4) is 0 Å². The van der Waals surface area contributed by atoms with Gasteiger partial charge in [0.2, 0.25) is 0 Å². The second kappa shape index (κ2) is 4.95. The van der Waals surface area contributed by atoms with Gasteiger partial charge in [-0.05, 0) is 20.8 Å². The quantitative estimate of drug-likeness (QED) is 0.467. The van der Waals surface area contributed by atoms with Gasteiger partial charge in [-0.25, -0.2) is 0 Å². The molecule has 1 rings (SSSR count). The van der Waals surface area contributed by atoms with Crippen LogP contribution in [0, 0.1) is 0 Å². The monoisotopic (exact) mass is 235 g/mol. The van der Waals surface area contributed by atoms with E-state index in [2.05, 4.69) is 0 Å². The fourth-order valence-electron chi connectivity index (χ4n) is 1.56. The van der Waals surface area contributed by atoms with Crippen molar-refractivity contribution >= 4 is 0 Å². The zero-order valence-electron chi connectivity index (χ0n) is 9.83. The lowest BCUT2D eigenvalue weighted by molar-refractivity contribution is -0.289. The van der Waals surface area contributed by atoms with E-state index in [0.29, 0.717) is 0 Å². The minimum absolute atomic E-state index is 0.394. The maximum atomic E-state index is 9.67. The normalized spacial score (nSPS) is 41.1. The van der Waals surface area contributed by atoms with Gasteiger partial charge in [-0.1, -0.05) is 0 Å². The van der Waals surface area contributed by atoms with Gasteiger partial charge < -0.3 is 30.5 Å². The molecule has 96 valence electrons. The van der Waals surface area contributed by atoms with E-state index in [1.807, 2.05) is 20.8 Å². The van der Waals surface area contributed by atoms with Crippen molar-refractivity contribution < 1.29 is 24.8 Å². The predicted octanol–water partition coefficient (Wildman–Crippen LogP) is -1.43. The van der Waals surface area contributed by atoms with Gasteiger partial charge in [0.25, 0.3) is 0 Å². The smallest absolute Gasteiger partial charge is 0.176 e. The molecule has 1 heterocycles. The first-order chi connectivity index (χ1) is 7.26. The van der Waals surface area contributed by atoms with Crippen LogP contribution in [0.25, 0.3) is 0 Å². The van der Waals surface area contributed by atoms with Gasteiger partial charge in [-0.2, -0.15) is 0 Å². The highest BCUT2D eigenvalue weighted by Gasteiger charge is 2.44. The molecule has 1 fully saturated rings. The first kappa shape index (κ1) is 13.8. The Morgan fingerprint density at radius 3 is 2.25 bits per heavy atom. The zero-order chi connectivity index (χ0) is 12.5. The van der Waals surface area contributed by atoms with Crippen molar-refractivity contribution in [3.63, 3.8) is 0 Å². The molecule has 0 saturated carbocycles. The van der Waals surface area contributed by atoms with Crippen molar-refractivity contribution in [2.24, 2.45) is 5.73 Å². The zero-order valence-corrected chi connectivity index (χ0v) is 9.83. The molecule has 0 radical (unpaired) electrons. The van der Waals surface area contributed by atoms with Crippen LogP contribution in [0.2, 0.25) is 0 Å². The van der Waals surface area contributed by atoms with Crippen LogP contribution in [0.1, 0.15) is 20.8 Å². The van der Waals surface area contributed by atoms with Gasteiger partial charge in [-0.15, -0.1) is 0 Å². The number of rotatable bonds is 2. The Morgan fingerprint density at radius 2 is 1.81 bits per heavy atom. The molecule has 0 aliphatic carbocycles. The summed E-state index contributed by atoms with van der Waals surface area (Å²) < 4.78 is 10.8. The lowest BCUT2D eigenvalue weighted by atomic mass is 9.97. The van der Waals surface area contributed by atoms with E-state index < -0.39 is 42.9 Å². The maximum absolute atomic E-state index is 9.67. The molecule has 1 aliphatic rings. The highest BCUT2D eigenvalue weighted by molar-refractivity contribution is 4.92. The van der Waals surface area contributed by atoms with E-state index >= 15 is 0 Å². The average molecular weight is 235 g/mol. The first-order valence-corrected chi connectivity index (χ1v) is 5.32. The third-order valence-electron chi connectivity index (χ3n) is 2.40. The molecule has 2 unspecified atom stereocenters. The van der Waals surface area contributed by atoms with Gasteiger partial charge in [0.1, 0.15) is 18.3 Å². The molecule has 0 spiro atoms. The Hall–Kier alpha value is -0.240. The summed E-state index contributed by atoms with van der Waals surface area (Å²) in [5.41, 5.74) is 5.21. The van der Waals surface area contributed by atoms with Crippen molar-refractivity contribution in [1.82, 2.24) is 0 Å². The SMILES string of the molecule is CC(C)(C)O[C@H]1OC(CO)[C@H](O)C(O)[C@@H]1N. The molecule has 0 aromatic heterocycles. The lowest BCUT2D eigenvalue weighted by Crippen LogP contribution is -2.63. The van der Waals surface area contributed by atoms with Gasteiger partial charge in [-0.3, -0.25) is 0 Å². The van der Waals surface area contributed by atoms with Crippen LogP contribution in [0.3, 0.4) is 0 Å². The van der Waals surface area contributed by atoms with E-state index in [4.69, 9.17) is 20.3 Å². The summed E-state index contributed by atoms with van der Waals surface area (Å²) in [6, 6.07) is -0.836. The van der Waals surface area contributed by atoms with Crippen molar-refractivity contribution in [2.45, 2.75) is 57.0 Å². The molecule has 1 saturated heterocycles. The second-order valence-electron chi connectivity index (χ2n) is 5.01. The molecule has 1 aliphatic heterocycles. The van der Waals surface area contributed by atoms with Gasteiger partial charge in [0, 0.05) is 0 Å². The van der Waals surface area contributed by atoms with Gasteiger partial charge in [0.15, 0.2) is 6.29 Å². The Kier molecular flexibility index (Phi) is 4.28. The molecule has 0 amide bonds. The third-order valence-corrected chi connectivity index (χ3v) is 2.40. The third kappa shape index (κ3) is 3.13. The Labute approximate surface area is 95.0 Å². The minimum Gasteiger partial charge on any atom is -0.394 e. The van der Waals surface area contributed by atoms with E-state index in [-0.39, 0.29) is 0 Å². The van der Waals surface area contributed by atoms with E-state index in [1.165, 1.54) is 0 Å². The van der Waals surface area contributed by atoms with E-state index in [1.54, 1.807) is 0 Å². The summed E-state index contributed by atoms with van der Waals surface area (Å²) >= 11 is 0. The summed E-state index contributed by atoms with van der Waals surface area (Å²) in [7, 11) is 0. The number of ether oxygens (including phenoxy) is 2. The van der Waals surface area contributed by atoms with E-state index in [9.17, 15) is 10.2 Å². The van der Waals surface area contributed by atoms with Crippen LogP contribution in [-0.2, 0) is 9.47 Å². The molecule has 6 nitrogen and oxygen atoms in total. The highest BCUT2D eigenvalue weighted by atomic mass is 16.7. The van der Waals surface area contributed by atoms with Crippen molar-refractivity contribution in [2.75, 3.05) is 6.61 Å². The number of aliphatic hydroxyl groups is 3. The van der Waals surface area contributed by atoms with Crippen LogP contribution < -0.4 is 5.73 Å². The fourth-order valence-corrected chi connectivity index (χ4v) is 1.56. The fraction of sp³-hybridized carbons (Fsp3) is 1.00. The van der Waals surface area contributed by atoms with Gasteiger partial charge in [0.05, 0.1) is 18.2 Å². The van der Waals surface area contributed by atoms with Crippen LogP contribution >= 0.6 is 0 Å². The summed E-state index contributed by atoms with van der Waals surface area (Å²) in [5.74, 6) is 0. The standard InChI is InChI=1S/C10H21NO5/c1-10(2,3)16-9-6(11)8(14)7(13)5(4-12)15-9/h5-9,12-14H,4,11H2,1-3H3/t5?,6-,7-,8?,9+/m0/s1.